The molecule has 0 radical (unpaired) electrons. The van der Waals surface area contributed by atoms with Crippen LogP contribution in [0.5, 0.6) is 0 Å². The number of esters is 1. The van der Waals surface area contributed by atoms with Crippen molar-refractivity contribution in [1.82, 2.24) is 5.32 Å². The predicted octanol–water partition coefficient (Wildman–Crippen LogP) is 4.41. The van der Waals surface area contributed by atoms with E-state index in [2.05, 4.69) is 38.2 Å². The molecule has 0 aliphatic carbocycles. The van der Waals surface area contributed by atoms with Gasteiger partial charge in [-0.05, 0) is 72.0 Å². The zero-order valence-corrected chi connectivity index (χ0v) is 21.9. The van der Waals surface area contributed by atoms with Crippen molar-refractivity contribution in [2.24, 2.45) is 0 Å². The maximum Gasteiger partial charge on any atom is 0.303 e. The molecule has 1 N–H and O–H groups in total. The van der Waals surface area contributed by atoms with Gasteiger partial charge in [-0.25, -0.2) is 0 Å². The largest absolute Gasteiger partial charge is 0.459 e. The van der Waals surface area contributed by atoms with Gasteiger partial charge >= 0.3 is 5.97 Å². The number of allylic oxidation sites excluding steroid dienone is 2. The van der Waals surface area contributed by atoms with Crippen molar-refractivity contribution in [3.63, 3.8) is 0 Å². The van der Waals surface area contributed by atoms with E-state index in [-0.39, 0.29) is 41.8 Å². The van der Waals surface area contributed by atoms with E-state index in [4.69, 9.17) is 18.9 Å². The summed E-state index contributed by atoms with van der Waals surface area (Å²) in [5, 5.41) is 3.00. The van der Waals surface area contributed by atoms with Crippen LogP contribution in [0.25, 0.3) is 0 Å². The van der Waals surface area contributed by atoms with Gasteiger partial charge in [-0.2, -0.15) is 0 Å². The Bertz CT molecular complexity index is 788. The number of hydrogen-bond donors (Lipinski definition) is 1. The van der Waals surface area contributed by atoms with Crippen LogP contribution in [0.4, 0.5) is 0 Å². The molecule has 2 aliphatic heterocycles. The Morgan fingerprint density at radius 1 is 1.24 bits per heavy atom. The summed E-state index contributed by atoms with van der Waals surface area (Å²) in [6, 6.07) is -0.0387. The quantitative estimate of drug-likeness (QED) is 0.301. The summed E-state index contributed by atoms with van der Waals surface area (Å²) < 4.78 is 22.8. The first-order valence-corrected chi connectivity index (χ1v) is 12.3. The van der Waals surface area contributed by atoms with Crippen LogP contribution in [0.1, 0.15) is 73.6 Å². The number of nitrogens with one attached hydrogen (secondary N) is 1. The van der Waals surface area contributed by atoms with Crippen molar-refractivity contribution in [2.75, 3.05) is 13.7 Å². The Kier molecular flexibility index (Phi) is 11.0. The van der Waals surface area contributed by atoms with Crippen LogP contribution in [0.3, 0.4) is 0 Å². The van der Waals surface area contributed by atoms with Gasteiger partial charge < -0.3 is 24.3 Å². The smallest absolute Gasteiger partial charge is 0.303 e. The van der Waals surface area contributed by atoms with E-state index in [0.29, 0.717) is 0 Å². The molecule has 6 atom stereocenters. The molecule has 7 nitrogen and oxygen atoms in total. The Hall–Kier alpha value is -1.96. The van der Waals surface area contributed by atoms with Gasteiger partial charge in [-0.1, -0.05) is 17.7 Å². The number of hydrogen-bond acceptors (Lipinski definition) is 6. The molecule has 0 saturated carbocycles. The van der Waals surface area contributed by atoms with E-state index in [1.54, 1.807) is 20.1 Å². The second-order valence-corrected chi connectivity index (χ2v) is 9.87. The van der Waals surface area contributed by atoms with E-state index in [1.807, 2.05) is 6.92 Å². The number of amides is 1. The summed E-state index contributed by atoms with van der Waals surface area (Å²) >= 11 is 0. The molecule has 0 aromatic rings. The summed E-state index contributed by atoms with van der Waals surface area (Å²) in [5.74, 6) is -0.576. The molecule has 0 spiro atoms. The van der Waals surface area contributed by atoms with E-state index in [0.717, 1.165) is 38.7 Å². The van der Waals surface area contributed by atoms with Crippen molar-refractivity contribution in [3.8, 4) is 0 Å². The van der Waals surface area contributed by atoms with Crippen LogP contribution in [0, 0.1) is 0 Å². The highest BCUT2D eigenvalue weighted by atomic mass is 16.5. The monoisotopic (exact) mass is 477 g/mol. The van der Waals surface area contributed by atoms with Gasteiger partial charge in [0.15, 0.2) is 0 Å². The Labute approximate surface area is 204 Å². The molecule has 34 heavy (non-hydrogen) atoms. The number of carbonyl (C=O) groups excluding carboxylic acids is 2. The van der Waals surface area contributed by atoms with E-state index in [1.165, 1.54) is 24.1 Å². The molecule has 0 aromatic heterocycles. The minimum absolute atomic E-state index is 0.0387. The van der Waals surface area contributed by atoms with Crippen LogP contribution < -0.4 is 5.32 Å². The summed E-state index contributed by atoms with van der Waals surface area (Å²) in [7, 11) is 1.77. The van der Waals surface area contributed by atoms with Crippen molar-refractivity contribution >= 4 is 11.9 Å². The highest BCUT2D eigenvalue weighted by Crippen LogP contribution is 2.31. The zero-order valence-electron chi connectivity index (χ0n) is 21.9. The number of ether oxygens (including phenoxy) is 4. The molecule has 7 heteroatoms. The van der Waals surface area contributed by atoms with E-state index < -0.39 is 6.10 Å². The van der Waals surface area contributed by atoms with Crippen LogP contribution in [0.2, 0.25) is 0 Å². The fraction of sp³-hybridized carbons (Fsp3) is 0.704. The standard InChI is InChI=1S/C27H43NO6/c1-18(16-19(2)25-17-27(6,31-7)14-15-32-25)8-10-23-11-12-24(21(4)34-23)28-26(30)13-9-20(3)33-22(5)29/h8-9,13,16,20-21,23-25H,10-12,14-15,17H2,1-7H3,(H,28,30)/b13-9-,18-8+,19-16+. The van der Waals surface area contributed by atoms with E-state index >= 15 is 0 Å². The minimum atomic E-state index is -0.436. The van der Waals surface area contributed by atoms with Crippen molar-refractivity contribution in [2.45, 2.75) is 110 Å². The SMILES string of the molecule is COC1(C)CCOC(/C(C)=C/C(C)=C/CC2CCC(NC(=O)/C=C\C(C)OC(C)=O)C(C)O2)C1. The fourth-order valence-corrected chi connectivity index (χ4v) is 4.46. The summed E-state index contributed by atoms with van der Waals surface area (Å²) in [6.07, 6.45) is 11.5. The lowest BCUT2D eigenvalue weighted by molar-refractivity contribution is -0.143. The number of carbonyl (C=O) groups is 2. The van der Waals surface area contributed by atoms with Gasteiger partial charge in [0.05, 0.1) is 36.6 Å². The lowest BCUT2D eigenvalue weighted by atomic mass is 9.89. The maximum absolute atomic E-state index is 12.2. The first-order chi connectivity index (χ1) is 16.0. The average molecular weight is 478 g/mol. The van der Waals surface area contributed by atoms with E-state index in [9.17, 15) is 9.59 Å². The van der Waals surface area contributed by atoms with Gasteiger partial charge in [0.25, 0.3) is 0 Å². The lowest BCUT2D eigenvalue weighted by Crippen LogP contribution is -2.47. The molecule has 2 aliphatic rings. The Morgan fingerprint density at radius 2 is 1.97 bits per heavy atom. The molecular formula is C27H43NO6. The highest BCUT2D eigenvalue weighted by Gasteiger charge is 2.33. The number of rotatable bonds is 9. The molecular weight excluding hydrogens is 434 g/mol. The molecule has 2 saturated heterocycles. The van der Waals surface area contributed by atoms with Gasteiger partial charge in [-0.15, -0.1) is 0 Å². The lowest BCUT2D eigenvalue weighted by Gasteiger charge is -2.37. The first kappa shape index (κ1) is 28.3. The van der Waals surface area contributed by atoms with Crippen molar-refractivity contribution < 1.29 is 28.5 Å². The molecule has 6 unspecified atom stereocenters. The van der Waals surface area contributed by atoms with Crippen LogP contribution in [-0.4, -0.2) is 61.7 Å². The molecule has 0 bridgehead atoms. The Balaban J connectivity index is 1.81. The van der Waals surface area contributed by atoms with Gasteiger partial charge in [0.1, 0.15) is 6.10 Å². The topological polar surface area (TPSA) is 83.1 Å². The second-order valence-electron chi connectivity index (χ2n) is 9.87. The average Bonchev–Trinajstić information content (AvgIpc) is 2.77. The highest BCUT2D eigenvalue weighted by molar-refractivity contribution is 5.87. The maximum atomic E-state index is 12.2. The molecule has 2 heterocycles. The van der Waals surface area contributed by atoms with Crippen LogP contribution >= 0.6 is 0 Å². The Morgan fingerprint density at radius 3 is 2.62 bits per heavy atom. The van der Waals surface area contributed by atoms with Gasteiger partial charge in [0, 0.05) is 26.5 Å². The summed E-state index contributed by atoms with van der Waals surface area (Å²) in [6.45, 7) is 12.2. The third-order valence-electron chi connectivity index (χ3n) is 6.70. The summed E-state index contributed by atoms with van der Waals surface area (Å²) in [4.78, 5) is 23.2. The third kappa shape index (κ3) is 9.35. The molecule has 2 rings (SSSR count). The predicted molar refractivity (Wildman–Crippen MR) is 132 cm³/mol. The molecule has 2 fully saturated rings. The van der Waals surface area contributed by atoms with Gasteiger partial charge in [0.2, 0.25) is 5.91 Å². The molecule has 192 valence electrons. The van der Waals surface area contributed by atoms with Crippen LogP contribution in [-0.2, 0) is 28.5 Å². The van der Waals surface area contributed by atoms with Crippen LogP contribution in [0.15, 0.2) is 35.5 Å². The van der Waals surface area contributed by atoms with Crippen molar-refractivity contribution in [1.29, 1.82) is 0 Å². The second kappa shape index (κ2) is 13.2. The summed E-state index contributed by atoms with van der Waals surface area (Å²) in [5.41, 5.74) is 2.29. The molecule has 1 amide bonds. The molecule has 0 aromatic carbocycles. The fourth-order valence-electron chi connectivity index (χ4n) is 4.46. The van der Waals surface area contributed by atoms with Crippen molar-refractivity contribution in [3.05, 3.63) is 35.5 Å². The number of methoxy groups -OCH3 is 1. The first-order valence-electron chi connectivity index (χ1n) is 12.3. The minimum Gasteiger partial charge on any atom is -0.459 e. The third-order valence-corrected chi connectivity index (χ3v) is 6.70. The van der Waals surface area contributed by atoms with Gasteiger partial charge in [-0.3, -0.25) is 9.59 Å². The zero-order chi connectivity index (χ0) is 25.3. The normalized spacial score (nSPS) is 31.9.